The lowest BCUT2D eigenvalue weighted by molar-refractivity contribution is 0.0201. The number of para-hydroxylation sites is 1. The fourth-order valence-electron chi connectivity index (χ4n) is 2.33. The predicted octanol–water partition coefficient (Wildman–Crippen LogP) is 2.53. The zero-order valence-corrected chi connectivity index (χ0v) is 16.3. The van der Waals surface area contributed by atoms with E-state index in [4.69, 9.17) is 16.3 Å². The molecule has 1 aromatic heterocycles. The Morgan fingerprint density at radius 1 is 1.31 bits per heavy atom. The van der Waals surface area contributed by atoms with Crippen LogP contribution < -0.4 is 5.32 Å². The molecule has 0 spiro atoms. The molecule has 0 aliphatic carbocycles. The van der Waals surface area contributed by atoms with Crippen LogP contribution in [0.1, 0.15) is 27.7 Å². The van der Waals surface area contributed by atoms with Crippen molar-refractivity contribution in [3.8, 4) is 5.69 Å². The fraction of sp³-hybridized carbons (Fsp3) is 0.529. The summed E-state index contributed by atoms with van der Waals surface area (Å²) in [6.07, 6.45) is -0.203. The molecule has 1 atom stereocenters. The highest BCUT2D eigenvalue weighted by molar-refractivity contribution is 6.28. The topological polar surface area (TPSA) is 85.2 Å². The first-order valence-corrected chi connectivity index (χ1v) is 8.84. The summed E-state index contributed by atoms with van der Waals surface area (Å²) in [6, 6.07) is 9.82. The highest BCUT2D eigenvalue weighted by Crippen LogP contribution is 2.11. The lowest BCUT2D eigenvalue weighted by Crippen LogP contribution is -2.52. The van der Waals surface area contributed by atoms with Gasteiger partial charge in [0.25, 0.3) is 0 Å². The van der Waals surface area contributed by atoms with Gasteiger partial charge in [0.1, 0.15) is 5.60 Å². The molecule has 1 fully saturated rings. The van der Waals surface area contributed by atoms with Crippen LogP contribution in [0.25, 0.3) is 5.69 Å². The zero-order valence-electron chi connectivity index (χ0n) is 15.5. The van der Waals surface area contributed by atoms with Crippen LogP contribution in [0.5, 0.6) is 0 Å². The van der Waals surface area contributed by atoms with Gasteiger partial charge in [-0.15, -0.1) is 0 Å². The predicted molar refractivity (Wildman–Crippen MR) is 99.4 cm³/mol. The number of piperazine rings is 1. The number of nitrogens with zero attached hydrogens (tertiary/aromatic N) is 5. The maximum absolute atomic E-state index is 11.6. The van der Waals surface area contributed by atoms with Crippen LogP contribution >= 0.6 is 11.6 Å². The molecule has 0 bridgehead atoms. The monoisotopic (exact) mass is 380 g/mol. The number of hydrogen-bond donors (Lipinski definition) is 1. The molecular weight excluding hydrogens is 356 g/mol. The van der Waals surface area contributed by atoms with Crippen molar-refractivity contribution in [3.63, 3.8) is 0 Å². The molecule has 1 aliphatic heterocycles. The molecule has 1 saturated heterocycles. The average Bonchev–Trinajstić information content (AvgIpc) is 3.01. The molecule has 0 unspecified atom stereocenters. The molecule has 0 saturated carbocycles. The Labute approximate surface area is 158 Å². The number of rotatable bonds is 1. The molecular formula is C17H25ClN6O2. The number of ether oxygens (including phenoxy) is 1. The van der Waals surface area contributed by atoms with Gasteiger partial charge >= 0.3 is 6.09 Å². The van der Waals surface area contributed by atoms with Crippen LogP contribution in [0.3, 0.4) is 0 Å². The quantitative estimate of drug-likeness (QED) is 0.818. The third-order valence-electron chi connectivity index (χ3n) is 3.45. The number of amides is 1. The fourth-order valence-corrected chi connectivity index (χ4v) is 2.49. The molecule has 142 valence electrons. The van der Waals surface area contributed by atoms with Gasteiger partial charge in [-0.25, -0.2) is 4.79 Å². The van der Waals surface area contributed by atoms with Crippen molar-refractivity contribution in [2.45, 2.75) is 39.3 Å². The van der Waals surface area contributed by atoms with Gasteiger partial charge in [0.15, 0.2) is 0 Å². The first kappa shape index (κ1) is 20.1. The molecule has 1 aliphatic rings. The number of carbonyl (C=O) groups is 1. The highest BCUT2D eigenvalue weighted by Gasteiger charge is 2.25. The Bertz CT molecular complexity index is 701. The standard InChI is InChI=1S/C10H20N2O2.C7H5ClN4/c1-8-7-12(6-5-11-8)9(13)14-10(2,3)4;8-7-9-10-11-12(7)6-4-2-1-3-5-6/h8,11H,5-7H2,1-4H3;1-5H/t8-;/m0./s1. The number of halogens is 1. The number of nitrogens with one attached hydrogen (secondary N) is 1. The molecule has 1 amide bonds. The summed E-state index contributed by atoms with van der Waals surface area (Å²) >= 11 is 5.70. The van der Waals surface area contributed by atoms with E-state index in [2.05, 4.69) is 27.8 Å². The van der Waals surface area contributed by atoms with E-state index < -0.39 is 5.60 Å². The Morgan fingerprint density at radius 3 is 2.54 bits per heavy atom. The van der Waals surface area contributed by atoms with Crippen molar-refractivity contribution in [2.75, 3.05) is 19.6 Å². The van der Waals surface area contributed by atoms with Crippen molar-refractivity contribution in [1.29, 1.82) is 0 Å². The van der Waals surface area contributed by atoms with Gasteiger partial charge in [-0.3, -0.25) is 0 Å². The summed E-state index contributed by atoms with van der Waals surface area (Å²) < 4.78 is 6.74. The second-order valence-corrected chi connectivity index (χ2v) is 7.31. The van der Waals surface area contributed by atoms with E-state index >= 15 is 0 Å². The van der Waals surface area contributed by atoms with Crippen molar-refractivity contribution < 1.29 is 9.53 Å². The number of hydrogen-bond acceptors (Lipinski definition) is 6. The van der Waals surface area contributed by atoms with Crippen LogP contribution in [0.4, 0.5) is 4.79 Å². The van der Waals surface area contributed by atoms with E-state index in [0.717, 1.165) is 25.3 Å². The minimum Gasteiger partial charge on any atom is -0.444 e. The number of tetrazole rings is 1. The minimum atomic E-state index is -0.398. The Hall–Kier alpha value is -2.19. The summed E-state index contributed by atoms with van der Waals surface area (Å²) in [6.45, 7) is 10.0. The maximum Gasteiger partial charge on any atom is 0.410 e. The Morgan fingerprint density at radius 2 is 2.00 bits per heavy atom. The van der Waals surface area contributed by atoms with Crippen LogP contribution in [-0.2, 0) is 4.74 Å². The Balaban J connectivity index is 0.000000189. The van der Waals surface area contributed by atoms with E-state index in [9.17, 15) is 4.79 Å². The van der Waals surface area contributed by atoms with E-state index in [1.165, 1.54) is 4.68 Å². The van der Waals surface area contributed by atoms with E-state index in [1.54, 1.807) is 4.90 Å². The number of benzene rings is 1. The molecule has 8 nitrogen and oxygen atoms in total. The van der Waals surface area contributed by atoms with Gasteiger partial charge in [-0.1, -0.05) is 23.3 Å². The largest absolute Gasteiger partial charge is 0.444 e. The molecule has 3 rings (SSSR count). The van der Waals surface area contributed by atoms with Crippen LogP contribution in [-0.4, -0.2) is 62.5 Å². The Kier molecular flexibility index (Phi) is 6.93. The van der Waals surface area contributed by atoms with Crippen LogP contribution in [0.2, 0.25) is 5.28 Å². The normalized spacial score (nSPS) is 17.3. The summed E-state index contributed by atoms with van der Waals surface area (Å²) in [7, 11) is 0. The molecule has 26 heavy (non-hydrogen) atoms. The van der Waals surface area contributed by atoms with E-state index in [0.29, 0.717) is 6.04 Å². The molecule has 2 heterocycles. The SMILES string of the molecule is C[C@H]1CN(C(=O)OC(C)(C)C)CCN1.Clc1nnnn1-c1ccccc1. The molecule has 1 N–H and O–H groups in total. The average molecular weight is 381 g/mol. The minimum absolute atomic E-state index is 0.203. The van der Waals surface area contributed by atoms with Gasteiger partial charge in [0.05, 0.1) is 5.69 Å². The molecule has 9 heteroatoms. The maximum atomic E-state index is 11.6. The third-order valence-corrected chi connectivity index (χ3v) is 3.69. The van der Waals surface area contributed by atoms with Crippen molar-refractivity contribution >= 4 is 17.7 Å². The molecule has 2 aromatic rings. The van der Waals surface area contributed by atoms with Gasteiger partial charge in [-0.2, -0.15) is 4.68 Å². The second-order valence-electron chi connectivity index (χ2n) is 6.98. The van der Waals surface area contributed by atoms with Crippen molar-refractivity contribution in [2.24, 2.45) is 0 Å². The number of carbonyl (C=O) groups excluding carboxylic acids is 1. The summed E-state index contributed by atoms with van der Waals surface area (Å²) in [5.41, 5.74) is 0.457. The van der Waals surface area contributed by atoms with Gasteiger partial charge < -0.3 is 15.0 Å². The van der Waals surface area contributed by atoms with Gasteiger partial charge in [0.2, 0.25) is 5.28 Å². The third kappa shape index (κ3) is 6.27. The first-order valence-electron chi connectivity index (χ1n) is 8.47. The summed E-state index contributed by atoms with van der Waals surface area (Å²) in [5.74, 6) is 0. The smallest absolute Gasteiger partial charge is 0.410 e. The molecule has 0 radical (unpaired) electrons. The van der Waals surface area contributed by atoms with Gasteiger partial charge in [-0.05, 0) is 61.9 Å². The van der Waals surface area contributed by atoms with Gasteiger partial charge in [0, 0.05) is 25.7 Å². The van der Waals surface area contributed by atoms with E-state index in [-0.39, 0.29) is 11.4 Å². The lowest BCUT2D eigenvalue weighted by Gasteiger charge is -2.33. The summed E-state index contributed by atoms with van der Waals surface area (Å²) in [5, 5.41) is 14.2. The van der Waals surface area contributed by atoms with Crippen LogP contribution in [0.15, 0.2) is 30.3 Å². The second kappa shape index (κ2) is 8.95. The van der Waals surface area contributed by atoms with E-state index in [1.807, 2.05) is 51.1 Å². The van der Waals surface area contributed by atoms with Crippen molar-refractivity contribution in [1.82, 2.24) is 30.4 Å². The highest BCUT2D eigenvalue weighted by atomic mass is 35.5. The first-order chi connectivity index (χ1) is 12.3. The van der Waals surface area contributed by atoms with Crippen molar-refractivity contribution in [3.05, 3.63) is 35.6 Å². The summed E-state index contributed by atoms with van der Waals surface area (Å²) in [4.78, 5) is 13.4. The zero-order chi connectivity index (χ0) is 19.2. The number of aromatic nitrogens is 4. The molecule has 1 aromatic carbocycles. The van der Waals surface area contributed by atoms with Crippen LogP contribution in [0, 0.1) is 0 Å². The lowest BCUT2D eigenvalue weighted by atomic mass is 10.2.